The number of nitrogens with one attached hydrogen (secondary N) is 2. The van der Waals surface area contributed by atoms with Crippen LogP contribution in [0.4, 0.5) is 34.4 Å². The van der Waals surface area contributed by atoms with Crippen LogP contribution in [0.1, 0.15) is 17.3 Å². The van der Waals surface area contributed by atoms with Gasteiger partial charge in [0, 0.05) is 38.0 Å². The maximum Gasteiger partial charge on any atom is 0.163 e. The van der Waals surface area contributed by atoms with Crippen molar-refractivity contribution in [1.29, 1.82) is 0 Å². The first-order chi connectivity index (χ1) is 16.7. The number of carbonyl (C=O) groups excluding carboxylic acids is 1. The van der Waals surface area contributed by atoms with Crippen LogP contribution >= 0.6 is 0 Å². The van der Waals surface area contributed by atoms with Gasteiger partial charge in [-0.2, -0.15) is 0 Å². The third-order valence-electron chi connectivity index (χ3n) is 5.42. The first-order valence-electron chi connectivity index (χ1n) is 11.1. The molecule has 0 aliphatic carbocycles. The Morgan fingerprint density at radius 1 is 0.943 bits per heavy atom. The summed E-state index contributed by atoms with van der Waals surface area (Å²) in [6, 6.07) is 10.8. The molecule has 3 aromatic rings. The molecule has 0 fully saturated rings. The van der Waals surface area contributed by atoms with Crippen LogP contribution in [0.5, 0.6) is 11.5 Å². The lowest BCUT2D eigenvalue weighted by Gasteiger charge is -2.24. The number of Topliss-reactive ketones (excluding diaryl/α,β-unsaturated/α-hetero) is 1. The van der Waals surface area contributed by atoms with Crippen molar-refractivity contribution in [3.8, 4) is 11.5 Å². The highest BCUT2D eigenvalue weighted by molar-refractivity contribution is 5.98. The van der Waals surface area contributed by atoms with Crippen LogP contribution in [0.3, 0.4) is 0 Å². The van der Waals surface area contributed by atoms with E-state index < -0.39 is 0 Å². The SMILES string of the molecule is COc1cc(N(C)CCN(C)C)c(N)cc1Nc1cc(Nc2ccc(OC)c(C(C)=O)c2)ncn1. The topological polar surface area (TPSA) is 118 Å². The molecule has 4 N–H and O–H groups in total. The molecule has 0 unspecified atom stereocenters. The number of aromatic nitrogens is 2. The highest BCUT2D eigenvalue weighted by atomic mass is 16.5. The summed E-state index contributed by atoms with van der Waals surface area (Å²) < 4.78 is 10.9. The zero-order chi connectivity index (χ0) is 25.5. The first-order valence-corrected chi connectivity index (χ1v) is 11.1. The number of nitrogens with two attached hydrogens (primary N) is 1. The van der Waals surface area contributed by atoms with Gasteiger partial charge in [-0.25, -0.2) is 9.97 Å². The zero-order valence-electron chi connectivity index (χ0n) is 21.0. The highest BCUT2D eigenvalue weighted by Gasteiger charge is 2.14. The van der Waals surface area contributed by atoms with Crippen molar-refractivity contribution in [1.82, 2.24) is 14.9 Å². The number of methoxy groups -OCH3 is 2. The second-order valence-electron chi connectivity index (χ2n) is 8.35. The predicted octanol–water partition coefficient (Wildman–Crippen LogP) is 3.76. The Morgan fingerprint density at radius 3 is 2.26 bits per heavy atom. The average molecular weight is 480 g/mol. The summed E-state index contributed by atoms with van der Waals surface area (Å²) in [5.41, 5.74) is 9.75. The normalized spacial score (nSPS) is 10.7. The van der Waals surface area contributed by atoms with E-state index in [1.54, 1.807) is 25.3 Å². The van der Waals surface area contributed by atoms with Crippen molar-refractivity contribution in [3.63, 3.8) is 0 Å². The lowest BCUT2D eigenvalue weighted by Crippen LogP contribution is -2.29. The van der Waals surface area contributed by atoms with Crippen LogP contribution in [-0.4, -0.2) is 69.1 Å². The maximum atomic E-state index is 11.9. The minimum Gasteiger partial charge on any atom is -0.496 e. The maximum absolute atomic E-state index is 11.9. The summed E-state index contributed by atoms with van der Waals surface area (Å²) in [4.78, 5) is 24.7. The van der Waals surface area contributed by atoms with Crippen LogP contribution in [0.15, 0.2) is 42.7 Å². The fourth-order valence-electron chi connectivity index (χ4n) is 3.49. The van der Waals surface area contributed by atoms with E-state index in [-0.39, 0.29) is 5.78 Å². The summed E-state index contributed by atoms with van der Waals surface area (Å²) in [6.45, 7) is 3.22. The lowest BCUT2D eigenvalue weighted by atomic mass is 10.1. The summed E-state index contributed by atoms with van der Waals surface area (Å²) in [7, 11) is 9.22. The van der Waals surface area contributed by atoms with Crippen molar-refractivity contribution >= 4 is 40.2 Å². The smallest absolute Gasteiger partial charge is 0.163 e. The van der Waals surface area contributed by atoms with E-state index in [4.69, 9.17) is 15.2 Å². The summed E-state index contributed by atoms with van der Waals surface area (Å²) in [5, 5.41) is 6.46. The third kappa shape index (κ3) is 6.51. The molecule has 0 saturated carbocycles. The van der Waals surface area contributed by atoms with E-state index in [0.29, 0.717) is 45.8 Å². The fourth-order valence-corrected chi connectivity index (χ4v) is 3.49. The van der Waals surface area contributed by atoms with Gasteiger partial charge in [0.15, 0.2) is 5.78 Å². The molecule has 0 bridgehead atoms. The molecular weight excluding hydrogens is 446 g/mol. The number of anilines is 6. The number of ketones is 1. The molecule has 10 heteroatoms. The summed E-state index contributed by atoms with van der Waals surface area (Å²) in [6.07, 6.45) is 1.44. The molecule has 35 heavy (non-hydrogen) atoms. The van der Waals surface area contributed by atoms with Crippen LogP contribution in [0, 0.1) is 0 Å². The molecule has 0 aliphatic heterocycles. The van der Waals surface area contributed by atoms with Gasteiger partial charge in [-0.3, -0.25) is 4.79 Å². The molecule has 0 radical (unpaired) electrons. The number of nitrogens with zero attached hydrogens (tertiary/aromatic N) is 4. The Labute approximate surface area is 206 Å². The van der Waals surface area contributed by atoms with Crippen molar-refractivity contribution in [2.45, 2.75) is 6.92 Å². The molecule has 186 valence electrons. The lowest BCUT2D eigenvalue weighted by molar-refractivity contribution is 0.101. The van der Waals surface area contributed by atoms with Gasteiger partial charge in [-0.15, -0.1) is 0 Å². The molecule has 0 atom stereocenters. The predicted molar refractivity (Wildman–Crippen MR) is 141 cm³/mol. The quantitative estimate of drug-likeness (QED) is 0.277. The minimum absolute atomic E-state index is 0.0870. The van der Waals surface area contributed by atoms with Gasteiger partial charge in [0.05, 0.1) is 36.8 Å². The Bertz CT molecular complexity index is 1180. The fraction of sp³-hybridized carbons (Fsp3) is 0.320. The molecule has 3 rings (SSSR count). The van der Waals surface area contributed by atoms with Crippen molar-refractivity contribution in [3.05, 3.63) is 48.3 Å². The van der Waals surface area contributed by atoms with Gasteiger partial charge in [0.25, 0.3) is 0 Å². The van der Waals surface area contributed by atoms with Crippen molar-refractivity contribution in [2.24, 2.45) is 0 Å². The monoisotopic (exact) mass is 479 g/mol. The highest BCUT2D eigenvalue weighted by Crippen LogP contribution is 2.36. The van der Waals surface area contributed by atoms with E-state index >= 15 is 0 Å². The number of hydrogen-bond acceptors (Lipinski definition) is 10. The van der Waals surface area contributed by atoms with Crippen molar-refractivity contribution < 1.29 is 14.3 Å². The van der Waals surface area contributed by atoms with Gasteiger partial charge in [-0.05, 0) is 45.3 Å². The summed E-state index contributed by atoms with van der Waals surface area (Å²) >= 11 is 0. The Balaban J connectivity index is 1.81. The second-order valence-corrected chi connectivity index (χ2v) is 8.35. The molecule has 0 aliphatic rings. The molecule has 1 heterocycles. The van der Waals surface area contributed by atoms with E-state index in [9.17, 15) is 4.79 Å². The summed E-state index contributed by atoms with van der Waals surface area (Å²) in [5.74, 6) is 2.17. The van der Waals surface area contributed by atoms with Gasteiger partial charge in [0.1, 0.15) is 29.5 Å². The van der Waals surface area contributed by atoms with Gasteiger partial charge in [-0.1, -0.05) is 0 Å². The van der Waals surface area contributed by atoms with Crippen LogP contribution in [0.2, 0.25) is 0 Å². The third-order valence-corrected chi connectivity index (χ3v) is 5.42. The number of hydrogen-bond donors (Lipinski definition) is 3. The number of ether oxygens (including phenoxy) is 2. The molecule has 0 spiro atoms. The van der Waals surface area contributed by atoms with Gasteiger partial charge >= 0.3 is 0 Å². The average Bonchev–Trinajstić information content (AvgIpc) is 2.83. The zero-order valence-corrected chi connectivity index (χ0v) is 21.0. The minimum atomic E-state index is -0.0870. The van der Waals surface area contributed by atoms with Gasteiger partial charge in [0.2, 0.25) is 0 Å². The number of benzene rings is 2. The van der Waals surface area contributed by atoms with E-state index in [2.05, 4.69) is 30.4 Å². The van der Waals surface area contributed by atoms with E-state index in [0.717, 1.165) is 18.8 Å². The first kappa shape index (κ1) is 25.6. The Kier molecular flexibility index (Phi) is 8.32. The van der Waals surface area contributed by atoms with Gasteiger partial charge < -0.3 is 35.6 Å². The molecule has 2 aromatic carbocycles. The van der Waals surface area contributed by atoms with E-state index in [1.165, 1.54) is 20.4 Å². The number of nitrogen functional groups attached to an aromatic ring is 1. The van der Waals surface area contributed by atoms with E-state index in [1.807, 2.05) is 39.3 Å². The number of likely N-dealkylation sites (N-methyl/N-ethyl adjacent to an activating group) is 2. The number of carbonyl (C=O) groups is 1. The van der Waals surface area contributed by atoms with Crippen LogP contribution in [-0.2, 0) is 0 Å². The Morgan fingerprint density at radius 2 is 1.63 bits per heavy atom. The Hall–Kier alpha value is -4.05. The molecule has 0 saturated heterocycles. The van der Waals surface area contributed by atoms with Crippen LogP contribution in [0.25, 0.3) is 0 Å². The largest absolute Gasteiger partial charge is 0.496 e. The molecule has 0 amide bonds. The second kappa shape index (κ2) is 11.4. The standard InChI is InChI=1S/C25H33N7O3/c1-16(33)18-11-17(7-8-22(18)34-5)29-24-14-25(28-15-27-24)30-20-12-19(26)21(13-23(20)35-6)32(4)10-9-31(2)3/h7-8,11-15H,9-10,26H2,1-6H3,(H2,27,28,29,30). The number of rotatable bonds is 11. The molecular formula is C25H33N7O3. The van der Waals surface area contributed by atoms with Crippen LogP contribution < -0.4 is 30.7 Å². The molecule has 1 aromatic heterocycles. The van der Waals surface area contributed by atoms with Crippen molar-refractivity contribution in [2.75, 3.05) is 69.7 Å². The molecule has 10 nitrogen and oxygen atoms in total.